The van der Waals surface area contributed by atoms with Crippen molar-refractivity contribution in [1.29, 1.82) is 5.26 Å². The summed E-state index contributed by atoms with van der Waals surface area (Å²) in [5, 5.41) is 9.15. The molecule has 0 amide bonds. The van der Waals surface area contributed by atoms with Crippen LogP contribution >= 0.6 is 0 Å². The molecule has 1 aromatic carbocycles. The van der Waals surface area contributed by atoms with Crippen molar-refractivity contribution < 1.29 is 9.13 Å². The van der Waals surface area contributed by atoms with Gasteiger partial charge in [0.2, 0.25) is 0 Å². The van der Waals surface area contributed by atoms with Crippen LogP contribution < -0.4 is 4.90 Å². The second-order valence-corrected chi connectivity index (χ2v) is 5.79. The molecule has 2 fully saturated rings. The van der Waals surface area contributed by atoms with Crippen molar-refractivity contribution in [2.24, 2.45) is 5.92 Å². The van der Waals surface area contributed by atoms with Gasteiger partial charge in [-0.15, -0.1) is 0 Å². The monoisotopic (exact) mass is 289 g/mol. The third kappa shape index (κ3) is 3.34. The van der Waals surface area contributed by atoms with Gasteiger partial charge < -0.3 is 9.64 Å². The van der Waals surface area contributed by atoms with Gasteiger partial charge in [-0.2, -0.15) is 5.26 Å². The molecule has 2 aliphatic heterocycles. The lowest BCUT2D eigenvalue weighted by atomic mass is 10.1. The number of ether oxygens (including phenoxy) is 1. The van der Waals surface area contributed by atoms with Crippen LogP contribution in [0.4, 0.5) is 10.1 Å². The summed E-state index contributed by atoms with van der Waals surface area (Å²) in [6.07, 6.45) is 1.16. The first-order valence-electron chi connectivity index (χ1n) is 7.51. The minimum atomic E-state index is -0.352. The van der Waals surface area contributed by atoms with Gasteiger partial charge in [-0.3, -0.25) is 4.90 Å². The highest BCUT2D eigenvalue weighted by Gasteiger charge is 2.23. The number of anilines is 1. The number of nitrogens with zero attached hydrogens (tertiary/aromatic N) is 3. The first-order valence-corrected chi connectivity index (χ1v) is 7.51. The third-order valence-electron chi connectivity index (χ3n) is 4.33. The number of rotatable bonds is 3. The van der Waals surface area contributed by atoms with E-state index in [0.717, 1.165) is 58.0 Å². The van der Waals surface area contributed by atoms with Gasteiger partial charge >= 0.3 is 0 Å². The molecule has 1 atom stereocenters. The molecule has 0 aromatic heterocycles. The number of halogens is 1. The molecule has 112 valence electrons. The number of benzene rings is 1. The fraction of sp³-hybridized carbons (Fsp3) is 0.562. The molecule has 0 saturated carbocycles. The van der Waals surface area contributed by atoms with E-state index in [1.165, 1.54) is 12.1 Å². The quantitative estimate of drug-likeness (QED) is 0.851. The first-order chi connectivity index (χ1) is 10.3. The van der Waals surface area contributed by atoms with E-state index in [4.69, 9.17) is 10.00 Å². The highest BCUT2D eigenvalue weighted by molar-refractivity contribution is 5.59. The number of nitriles is 1. The molecule has 2 aliphatic rings. The van der Waals surface area contributed by atoms with Crippen LogP contribution in [0.25, 0.3) is 0 Å². The minimum absolute atomic E-state index is 0.352. The van der Waals surface area contributed by atoms with Crippen LogP contribution in [0.5, 0.6) is 0 Å². The summed E-state index contributed by atoms with van der Waals surface area (Å²) in [4.78, 5) is 4.64. The fourth-order valence-corrected chi connectivity index (χ4v) is 3.14. The van der Waals surface area contributed by atoms with Crippen LogP contribution in [0.15, 0.2) is 18.2 Å². The Hall–Kier alpha value is -1.64. The Morgan fingerprint density at radius 3 is 2.76 bits per heavy atom. The molecule has 0 bridgehead atoms. The lowest BCUT2D eigenvalue weighted by molar-refractivity contribution is 0.164. The van der Waals surface area contributed by atoms with Gasteiger partial charge in [-0.05, 0) is 30.5 Å². The van der Waals surface area contributed by atoms with E-state index in [1.54, 1.807) is 6.07 Å². The molecule has 0 spiro atoms. The van der Waals surface area contributed by atoms with Crippen LogP contribution in [-0.2, 0) is 4.74 Å². The van der Waals surface area contributed by atoms with Crippen LogP contribution in [0, 0.1) is 23.1 Å². The molecule has 0 N–H and O–H groups in total. The summed E-state index contributed by atoms with van der Waals surface area (Å²) in [7, 11) is 0. The Morgan fingerprint density at radius 1 is 1.29 bits per heavy atom. The molecule has 1 aromatic rings. The molecular formula is C16H20FN3O. The van der Waals surface area contributed by atoms with E-state index in [2.05, 4.69) is 15.9 Å². The van der Waals surface area contributed by atoms with Crippen molar-refractivity contribution >= 4 is 5.69 Å². The molecule has 4 nitrogen and oxygen atoms in total. The highest BCUT2D eigenvalue weighted by atomic mass is 19.1. The zero-order valence-electron chi connectivity index (χ0n) is 12.1. The van der Waals surface area contributed by atoms with E-state index in [0.29, 0.717) is 11.5 Å². The van der Waals surface area contributed by atoms with Crippen LogP contribution in [0.1, 0.15) is 12.0 Å². The molecule has 21 heavy (non-hydrogen) atoms. The zero-order valence-corrected chi connectivity index (χ0v) is 12.1. The van der Waals surface area contributed by atoms with Crippen molar-refractivity contribution in [2.75, 3.05) is 50.8 Å². The highest BCUT2D eigenvalue weighted by Crippen LogP contribution is 2.23. The lowest BCUT2D eigenvalue weighted by Gasteiger charge is -2.37. The maximum atomic E-state index is 13.2. The summed E-state index contributed by atoms with van der Waals surface area (Å²) in [5.41, 5.74) is 1.27. The average Bonchev–Trinajstić information content (AvgIpc) is 3.01. The second kappa shape index (κ2) is 6.42. The Balaban J connectivity index is 1.59. The van der Waals surface area contributed by atoms with Gasteiger partial charge in [0.15, 0.2) is 0 Å². The summed E-state index contributed by atoms with van der Waals surface area (Å²) in [6, 6.07) is 6.55. The maximum absolute atomic E-state index is 13.2. The van der Waals surface area contributed by atoms with Crippen molar-refractivity contribution in [1.82, 2.24) is 4.90 Å². The summed E-state index contributed by atoms with van der Waals surface area (Å²) in [6.45, 7) is 6.62. The van der Waals surface area contributed by atoms with Crippen LogP contribution in [0.3, 0.4) is 0 Å². The largest absolute Gasteiger partial charge is 0.381 e. The normalized spacial score (nSPS) is 23.2. The predicted molar refractivity (Wildman–Crippen MR) is 78.7 cm³/mol. The van der Waals surface area contributed by atoms with Gasteiger partial charge in [-0.25, -0.2) is 4.39 Å². The van der Waals surface area contributed by atoms with Gasteiger partial charge in [-0.1, -0.05) is 0 Å². The molecule has 0 radical (unpaired) electrons. The number of hydrogen-bond acceptors (Lipinski definition) is 4. The van der Waals surface area contributed by atoms with Crippen molar-refractivity contribution in [3.8, 4) is 6.07 Å². The zero-order chi connectivity index (χ0) is 14.7. The Morgan fingerprint density at radius 2 is 2.10 bits per heavy atom. The van der Waals surface area contributed by atoms with Gasteiger partial charge in [0.1, 0.15) is 11.9 Å². The van der Waals surface area contributed by atoms with E-state index in [-0.39, 0.29) is 5.82 Å². The predicted octanol–water partition coefficient (Wildman–Crippen LogP) is 1.86. The first kappa shape index (κ1) is 14.3. The molecule has 0 aliphatic carbocycles. The summed E-state index contributed by atoms with van der Waals surface area (Å²) < 4.78 is 18.6. The van der Waals surface area contributed by atoms with E-state index < -0.39 is 0 Å². The third-order valence-corrected chi connectivity index (χ3v) is 4.33. The molecule has 2 saturated heterocycles. The molecule has 2 heterocycles. The molecule has 5 heteroatoms. The Labute approximate surface area is 124 Å². The second-order valence-electron chi connectivity index (χ2n) is 5.79. The summed E-state index contributed by atoms with van der Waals surface area (Å²) in [5.74, 6) is 0.312. The smallest absolute Gasteiger partial charge is 0.124 e. The van der Waals surface area contributed by atoms with Gasteiger partial charge in [0.25, 0.3) is 0 Å². The SMILES string of the molecule is N#Cc1cc(F)ccc1N1CCN(CC2CCOC2)CC1. The van der Waals surface area contributed by atoms with E-state index in [1.807, 2.05) is 0 Å². The van der Waals surface area contributed by atoms with E-state index >= 15 is 0 Å². The van der Waals surface area contributed by atoms with Crippen LogP contribution in [-0.4, -0.2) is 50.8 Å². The van der Waals surface area contributed by atoms with Gasteiger partial charge in [0, 0.05) is 39.3 Å². The average molecular weight is 289 g/mol. The molecule has 1 unspecified atom stereocenters. The standard InChI is InChI=1S/C16H20FN3O/c17-15-1-2-16(14(9-15)10-18)20-6-4-19(5-7-20)11-13-3-8-21-12-13/h1-2,9,13H,3-8,11-12H2. The minimum Gasteiger partial charge on any atom is -0.381 e. The number of piperazine rings is 1. The van der Waals surface area contributed by atoms with E-state index in [9.17, 15) is 4.39 Å². The number of hydrogen-bond donors (Lipinski definition) is 0. The maximum Gasteiger partial charge on any atom is 0.124 e. The lowest BCUT2D eigenvalue weighted by Crippen LogP contribution is -2.48. The fourth-order valence-electron chi connectivity index (χ4n) is 3.14. The van der Waals surface area contributed by atoms with Crippen molar-refractivity contribution in [3.63, 3.8) is 0 Å². The summed E-state index contributed by atoms with van der Waals surface area (Å²) >= 11 is 0. The van der Waals surface area contributed by atoms with Gasteiger partial charge in [0.05, 0.1) is 17.9 Å². The van der Waals surface area contributed by atoms with Crippen molar-refractivity contribution in [2.45, 2.75) is 6.42 Å². The van der Waals surface area contributed by atoms with Crippen molar-refractivity contribution in [3.05, 3.63) is 29.6 Å². The Kier molecular flexibility index (Phi) is 4.37. The Bertz CT molecular complexity index is 529. The molecular weight excluding hydrogens is 269 g/mol. The topological polar surface area (TPSA) is 39.5 Å². The molecule has 3 rings (SSSR count). The van der Waals surface area contributed by atoms with Crippen LogP contribution in [0.2, 0.25) is 0 Å².